The number of anilines is 1. The average Bonchev–Trinajstić information content (AvgIpc) is 3.06. The SMILES string of the molecule is O=C(Nc1ccc(Cl)c(Cl)c1)NN1C(=O)/C(=C\c2cccc(Oc3nc(Cl)ncc3F)c2)SC1=S. The summed E-state index contributed by atoms with van der Waals surface area (Å²) in [6, 6.07) is 10.3. The quantitative estimate of drug-likeness (QED) is 0.211. The molecule has 0 atom stereocenters. The van der Waals surface area contributed by atoms with Crippen molar-refractivity contribution in [2.75, 3.05) is 5.32 Å². The Balaban J connectivity index is 1.45. The summed E-state index contributed by atoms with van der Waals surface area (Å²) in [5, 5.41) is 3.90. The predicted molar refractivity (Wildman–Crippen MR) is 137 cm³/mol. The molecule has 0 bridgehead atoms. The van der Waals surface area contributed by atoms with E-state index in [1.807, 2.05) is 0 Å². The summed E-state index contributed by atoms with van der Waals surface area (Å²) in [7, 11) is 0. The molecule has 0 saturated carbocycles. The van der Waals surface area contributed by atoms with Gasteiger partial charge in [-0.3, -0.25) is 4.79 Å². The van der Waals surface area contributed by atoms with E-state index in [9.17, 15) is 14.0 Å². The second-order valence-electron chi connectivity index (χ2n) is 6.68. The number of hydrazine groups is 1. The number of nitrogens with zero attached hydrogens (tertiary/aromatic N) is 3. The van der Waals surface area contributed by atoms with E-state index >= 15 is 0 Å². The molecule has 1 saturated heterocycles. The maximum Gasteiger partial charge on any atom is 0.338 e. The van der Waals surface area contributed by atoms with E-state index in [1.54, 1.807) is 36.4 Å². The summed E-state index contributed by atoms with van der Waals surface area (Å²) < 4.78 is 19.4. The molecule has 0 aliphatic carbocycles. The molecule has 1 fully saturated rings. The van der Waals surface area contributed by atoms with E-state index in [-0.39, 0.29) is 31.2 Å². The summed E-state index contributed by atoms with van der Waals surface area (Å²) in [6.07, 6.45) is 2.44. The number of halogens is 4. The van der Waals surface area contributed by atoms with Gasteiger partial charge in [0.15, 0.2) is 4.32 Å². The molecular formula is C21H11Cl3FN5O3S2. The highest BCUT2D eigenvalue weighted by molar-refractivity contribution is 8.26. The van der Waals surface area contributed by atoms with Crippen LogP contribution in [0.4, 0.5) is 14.9 Å². The molecule has 14 heteroatoms. The Morgan fingerprint density at radius 1 is 1.17 bits per heavy atom. The fourth-order valence-electron chi connectivity index (χ4n) is 2.73. The molecule has 0 radical (unpaired) electrons. The number of rotatable bonds is 5. The number of carbonyl (C=O) groups excluding carboxylic acids is 2. The molecule has 1 aliphatic heterocycles. The largest absolute Gasteiger partial charge is 0.436 e. The van der Waals surface area contributed by atoms with Gasteiger partial charge in [0.2, 0.25) is 11.1 Å². The van der Waals surface area contributed by atoms with Crippen molar-refractivity contribution in [3.8, 4) is 11.6 Å². The number of ether oxygens (including phenoxy) is 1. The molecule has 3 amide bonds. The van der Waals surface area contributed by atoms with Crippen LogP contribution in [0.25, 0.3) is 6.08 Å². The lowest BCUT2D eigenvalue weighted by atomic mass is 10.2. The molecule has 8 nitrogen and oxygen atoms in total. The minimum absolute atomic E-state index is 0.121. The Morgan fingerprint density at radius 2 is 1.97 bits per heavy atom. The third-order valence-corrected chi connectivity index (χ3v) is 6.46. The van der Waals surface area contributed by atoms with E-state index in [0.29, 0.717) is 16.3 Å². The van der Waals surface area contributed by atoms with Crippen LogP contribution in [0.1, 0.15) is 5.56 Å². The minimum atomic E-state index is -0.786. The van der Waals surface area contributed by atoms with Crippen LogP contribution in [0.15, 0.2) is 53.6 Å². The maximum absolute atomic E-state index is 13.9. The van der Waals surface area contributed by atoms with Crippen LogP contribution in [0, 0.1) is 5.82 Å². The van der Waals surface area contributed by atoms with Crippen molar-refractivity contribution in [3.63, 3.8) is 0 Å². The van der Waals surface area contributed by atoms with Crippen LogP contribution in [0.3, 0.4) is 0 Å². The standard InChI is InChI=1S/C21H11Cl3FN5O3S2/c22-13-5-4-11(8-14(13)23)27-20(32)29-30-18(31)16(35-21(30)34)7-10-2-1-3-12(6-10)33-17-15(25)9-26-19(24)28-17/h1-9H,(H2,27,29,32)/b16-7+. The highest BCUT2D eigenvalue weighted by atomic mass is 35.5. The fourth-order valence-corrected chi connectivity index (χ4v) is 4.34. The lowest BCUT2D eigenvalue weighted by Gasteiger charge is -2.16. The zero-order chi connectivity index (χ0) is 25.1. The third kappa shape index (κ3) is 6.19. The number of urea groups is 1. The zero-order valence-electron chi connectivity index (χ0n) is 17.1. The smallest absolute Gasteiger partial charge is 0.338 e. The van der Waals surface area contributed by atoms with Gasteiger partial charge in [-0.2, -0.15) is 14.4 Å². The van der Waals surface area contributed by atoms with E-state index in [1.165, 1.54) is 12.1 Å². The molecule has 2 N–H and O–H groups in total. The van der Waals surface area contributed by atoms with Crippen LogP contribution in [-0.2, 0) is 4.79 Å². The molecule has 0 unspecified atom stereocenters. The average molecular weight is 571 g/mol. The van der Waals surface area contributed by atoms with E-state index in [2.05, 4.69) is 20.7 Å². The van der Waals surface area contributed by atoms with Crippen LogP contribution in [-0.4, -0.2) is 31.2 Å². The lowest BCUT2D eigenvalue weighted by Crippen LogP contribution is -2.46. The molecule has 0 spiro atoms. The van der Waals surface area contributed by atoms with Gasteiger partial charge in [0.25, 0.3) is 11.8 Å². The Morgan fingerprint density at radius 3 is 2.74 bits per heavy atom. The van der Waals surface area contributed by atoms with Crippen molar-refractivity contribution in [2.24, 2.45) is 0 Å². The van der Waals surface area contributed by atoms with Gasteiger partial charge in [0.05, 0.1) is 21.1 Å². The van der Waals surface area contributed by atoms with Crippen LogP contribution in [0.5, 0.6) is 11.6 Å². The van der Waals surface area contributed by atoms with Crippen molar-refractivity contribution < 1.29 is 18.7 Å². The fraction of sp³-hybridized carbons (Fsp3) is 0. The first kappa shape index (κ1) is 25.1. The van der Waals surface area contributed by atoms with Gasteiger partial charge in [0, 0.05) is 5.69 Å². The van der Waals surface area contributed by atoms with Gasteiger partial charge in [-0.15, -0.1) is 0 Å². The predicted octanol–water partition coefficient (Wildman–Crippen LogP) is 6.31. The number of carbonyl (C=O) groups is 2. The lowest BCUT2D eigenvalue weighted by molar-refractivity contribution is -0.123. The summed E-state index contributed by atoms with van der Waals surface area (Å²) in [6.45, 7) is 0. The normalized spacial score (nSPS) is 14.4. The number of hydrogen-bond donors (Lipinski definition) is 2. The van der Waals surface area contributed by atoms with Crippen molar-refractivity contribution in [1.82, 2.24) is 20.4 Å². The number of aromatic nitrogens is 2. The van der Waals surface area contributed by atoms with Crippen molar-refractivity contribution in [1.29, 1.82) is 0 Å². The van der Waals surface area contributed by atoms with Gasteiger partial charge < -0.3 is 10.1 Å². The highest BCUT2D eigenvalue weighted by Gasteiger charge is 2.33. The molecule has 178 valence electrons. The van der Waals surface area contributed by atoms with Gasteiger partial charge in [-0.1, -0.05) is 47.1 Å². The number of thioether (sulfide) groups is 1. The second-order valence-corrected chi connectivity index (χ2v) is 9.51. The Kier molecular flexibility index (Phi) is 7.72. The highest BCUT2D eigenvalue weighted by Crippen LogP contribution is 2.32. The van der Waals surface area contributed by atoms with Gasteiger partial charge >= 0.3 is 6.03 Å². The molecule has 1 aromatic heterocycles. The van der Waals surface area contributed by atoms with Gasteiger partial charge in [0.1, 0.15) is 5.75 Å². The second kappa shape index (κ2) is 10.8. The van der Waals surface area contributed by atoms with Gasteiger partial charge in [-0.05, 0) is 65.8 Å². The molecular weight excluding hydrogens is 560 g/mol. The van der Waals surface area contributed by atoms with Gasteiger partial charge in [-0.25, -0.2) is 15.2 Å². The zero-order valence-corrected chi connectivity index (χ0v) is 21.0. The number of benzene rings is 2. The first-order valence-electron chi connectivity index (χ1n) is 9.46. The topological polar surface area (TPSA) is 96.5 Å². The first-order chi connectivity index (χ1) is 16.7. The van der Waals surface area contributed by atoms with E-state index in [4.69, 9.17) is 51.8 Å². The molecule has 3 aromatic rings. The summed E-state index contributed by atoms with van der Waals surface area (Å²) >= 11 is 23.7. The Labute approximate surface area is 222 Å². The maximum atomic E-state index is 13.9. The molecule has 4 rings (SSSR count). The molecule has 35 heavy (non-hydrogen) atoms. The minimum Gasteiger partial charge on any atom is -0.436 e. The first-order valence-corrected chi connectivity index (χ1v) is 11.8. The molecule has 2 heterocycles. The summed E-state index contributed by atoms with van der Waals surface area (Å²) in [4.78, 5) is 32.6. The Bertz CT molecular complexity index is 1390. The van der Waals surface area contributed by atoms with E-state index in [0.717, 1.165) is 23.0 Å². The molecule has 1 aliphatic rings. The number of nitrogens with one attached hydrogen (secondary N) is 2. The van der Waals surface area contributed by atoms with Crippen molar-refractivity contribution in [2.45, 2.75) is 0 Å². The number of hydrogen-bond acceptors (Lipinski definition) is 7. The monoisotopic (exact) mass is 569 g/mol. The summed E-state index contributed by atoms with van der Waals surface area (Å²) in [5.41, 5.74) is 3.32. The van der Waals surface area contributed by atoms with Crippen LogP contribution >= 0.6 is 58.8 Å². The van der Waals surface area contributed by atoms with Crippen molar-refractivity contribution >= 4 is 86.8 Å². The molecule has 2 aromatic carbocycles. The van der Waals surface area contributed by atoms with Crippen LogP contribution < -0.4 is 15.5 Å². The third-order valence-electron chi connectivity index (χ3n) is 4.24. The van der Waals surface area contributed by atoms with E-state index < -0.39 is 17.8 Å². The van der Waals surface area contributed by atoms with Crippen molar-refractivity contribution in [3.05, 3.63) is 80.3 Å². The number of thiocarbonyl (C=S) groups is 1. The van der Waals surface area contributed by atoms with Crippen LogP contribution in [0.2, 0.25) is 15.3 Å². The number of amides is 3. The Hall–Kier alpha value is -2.96. The summed E-state index contributed by atoms with van der Waals surface area (Å²) in [5.74, 6) is -1.41.